The highest BCUT2D eigenvalue weighted by Gasteiger charge is 2.51. The van der Waals surface area contributed by atoms with Gasteiger partial charge < -0.3 is 10.6 Å². The molecular weight excluding hydrogens is 385 g/mol. The molecule has 1 aliphatic rings. The third kappa shape index (κ3) is 3.92. The van der Waals surface area contributed by atoms with E-state index in [4.69, 9.17) is 0 Å². The number of rotatable bonds is 7. The monoisotopic (exact) mass is 411 g/mol. The smallest absolute Gasteiger partial charge is 0.324 e. The molecule has 30 heavy (non-hydrogen) atoms. The Morgan fingerprint density at radius 3 is 2.43 bits per heavy atom. The van der Waals surface area contributed by atoms with Crippen molar-refractivity contribution >= 4 is 23.5 Å². The second kappa shape index (κ2) is 8.65. The van der Waals surface area contributed by atoms with Crippen LogP contribution in [-0.4, -0.2) is 29.3 Å². The van der Waals surface area contributed by atoms with E-state index in [0.29, 0.717) is 11.3 Å². The number of amides is 4. The number of carbonyl (C=O) groups excluding carboxylic acids is 3. The van der Waals surface area contributed by atoms with E-state index in [2.05, 4.69) is 24.5 Å². The number of urea groups is 1. The van der Waals surface area contributed by atoms with Gasteiger partial charge in [0.1, 0.15) is 17.9 Å². The van der Waals surface area contributed by atoms with Crippen LogP contribution in [0, 0.1) is 5.82 Å². The predicted octanol–water partition coefficient (Wildman–Crippen LogP) is 4.14. The van der Waals surface area contributed by atoms with Gasteiger partial charge >= 0.3 is 6.03 Å². The van der Waals surface area contributed by atoms with Crippen molar-refractivity contribution in [2.24, 2.45) is 0 Å². The van der Waals surface area contributed by atoms with Gasteiger partial charge in [-0.05, 0) is 48.1 Å². The predicted molar refractivity (Wildman–Crippen MR) is 112 cm³/mol. The van der Waals surface area contributed by atoms with Crippen LogP contribution in [0.2, 0.25) is 0 Å². The molecule has 4 amide bonds. The summed E-state index contributed by atoms with van der Waals surface area (Å²) in [5, 5.41) is 5.52. The van der Waals surface area contributed by atoms with E-state index in [-0.39, 0.29) is 12.3 Å². The van der Waals surface area contributed by atoms with E-state index < -0.39 is 35.7 Å². The minimum Gasteiger partial charge on any atom is -0.324 e. The Labute approximate surface area is 175 Å². The van der Waals surface area contributed by atoms with Crippen molar-refractivity contribution < 1.29 is 18.8 Å². The molecule has 0 saturated carbocycles. The van der Waals surface area contributed by atoms with Gasteiger partial charge in [-0.2, -0.15) is 0 Å². The van der Waals surface area contributed by atoms with Gasteiger partial charge in [-0.3, -0.25) is 14.5 Å². The molecule has 6 nitrogen and oxygen atoms in total. The first-order chi connectivity index (χ1) is 14.3. The summed E-state index contributed by atoms with van der Waals surface area (Å²) in [7, 11) is 0. The fraction of sp³-hybridized carbons (Fsp3) is 0.348. The number of benzene rings is 2. The topological polar surface area (TPSA) is 78.5 Å². The Kier molecular flexibility index (Phi) is 6.20. The van der Waals surface area contributed by atoms with Gasteiger partial charge in [0.05, 0.1) is 0 Å². The standard InChI is InChI=1S/C23H26FN3O3/c1-4-15(3)18-8-6-7-9-19(18)25-20(28)14-27-21(29)23(5-2,26-22(27)30)16-10-12-17(24)13-11-16/h6-13,15H,4-5,14H2,1-3H3,(H,25,28)(H,26,30)/t15-,23+/m1/s1. The third-order valence-corrected chi connectivity index (χ3v) is 5.72. The van der Waals surface area contributed by atoms with Crippen molar-refractivity contribution in [2.45, 2.75) is 45.1 Å². The lowest BCUT2D eigenvalue weighted by atomic mass is 9.87. The molecule has 2 aromatic carbocycles. The molecular formula is C23H26FN3O3. The molecule has 1 saturated heterocycles. The first-order valence-electron chi connectivity index (χ1n) is 10.1. The molecule has 158 valence electrons. The summed E-state index contributed by atoms with van der Waals surface area (Å²) in [5.74, 6) is -1.16. The van der Waals surface area contributed by atoms with Crippen LogP contribution in [0.4, 0.5) is 14.9 Å². The van der Waals surface area contributed by atoms with Crippen LogP contribution in [0.1, 0.15) is 50.7 Å². The lowest BCUT2D eigenvalue weighted by Crippen LogP contribution is -2.44. The Morgan fingerprint density at radius 2 is 1.80 bits per heavy atom. The van der Waals surface area contributed by atoms with Crippen LogP contribution >= 0.6 is 0 Å². The zero-order chi connectivity index (χ0) is 21.9. The van der Waals surface area contributed by atoms with Crippen molar-refractivity contribution in [1.82, 2.24) is 10.2 Å². The highest BCUT2D eigenvalue weighted by atomic mass is 19.1. The summed E-state index contributed by atoms with van der Waals surface area (Å²) < 4.78 is 13.3. The summed E-state index contributed by atoms with van der Waals surface area (Å²) in [6, 6.07) is 12.3. The molecule has 0 spiro atoms. The molecule has 3 rings (SSSR count). The highest BCUT2D eigenvalue weighted by Crippen LogP contribution is 2.33. The molecule has 0 unspecified atom stereocenters. The van der Waals surface area contributed by atoms with Gasteiger partial charge in [0, 0.05) is 5.69 Å². The maximum atomic E-state index is 13.3. The number of imide groups is 1. The zero-order valence-electron chi connectivity index (χ0n) is 17.4. The van der Waals surface area contributed by atoms with Crippen LogP contribution in [0.5, 0.6) is 0 Å². The first-order valence-corrected chi connectivity index (χ1v) is 10.1. The van der Waals surface area contributed by atoms with Crippen LogP contribution in [0.25, 0.3) is 0 Å². The highest BCUT2D eigenvalue weighted by molar-refractivity contribution is 6.10. The largest absolute Gasteiger partial charge is 0.325 e. The second-order valence-corrected chi connectivity index (χ2v) is 7.53. The van der Waals surface area contributed by atoms with Gasteiger partial charge in [-0.25, -0.2) is 9.18 Å². The van der Waals surface area contributed by atoms with E-state index >= 15 is 0 Å². The van der Waals surface area contributed by atoms with E-state index in [9.17, 15) is 18.8 Å². The SMILES string of the molecule is CC[C@@H](C)c1ccccc1NC(=O)CN1C(=O)N[C@@](CC)(c2ccc(F)cc2)C1=O. The van der Waals surface area contributed by atoms with Crippen LogP contribution in [-0.2, 0) is 15.1 Å². The second-order valence-electron chi connectivity index (χ2n) is 7.53. The Bertz CT molecular complexity index is 960. The molecule has 1 fully saturated rings. The van der Waals surface area contributed by atoms with E-state index in [1.54, 1.807) is 13.0 Å². The number of hydrogen-bond donors (Lipinski definition) is 2. The minimum absolute atomic E-state index is 0.254. The molecule has 0 aromatic heterocycles. The van der Waals surface area contributed by atoms with Gasteiger partial charge in [0.2, 0.25) is 5.91 Å². The number of para-hydroxylation sites is 1. The number of nitrogens with one attached hydrogen (secondary N) is 2. The molecule has 2 N–H and O–H groups in total. The third-order valence-electron chi connectivity index (χ3n) is 5.72. The zero-order valence-corrected chi connectivity index (χ0v) is 17.4. The summed E-state index contributed by atoms with van der Waals surface area (Å²) >= 11 is 0. The number of halogens is 1. The number of anilines is 1. The minimum atomic E-state index is -1.31. The summed E-state index contributed by atoms with van der Waals surface area (Å²) in [5.41, 5.74) is 0.846. The average Bonchev–Trinajstić information content (AvgIpc) is 2.99. The summed E-state index contributed by atoms with van der Waals surface area (Å²) in [4.78, 5) is 39.3. The number of carbonyl (C=O) groups is 3. The first kappa shape index (κ1) is 21.5. The van der Waals surface area contributed by atoms with Crippen LogP contribution in [0.3, 0.4) is 0 Å². The molecule has 0 aliphatic carbocycles. The lowest BCUT2D eigenvalue weighted by molar-refractivity contribution is -0.134. The van der Waals surface area contributed by atoms with E-state index in [1.807, 2.05) is 18.2 Å². The fourth-order valence-corrected chi connectivity index (χ4v) is 3.74. The van der Waals surface area contributed by atoms with E-state index in [0.717, 1.165) is 16.9 Å². The molecule has 0 radical (unpaired) electrons. The van der Waals surface area contributed by atoms with Crippen molar-refractivity contribution in [3.63, 3.8) is 0 Å². The maximum Gasteiger partial charge on any atom is 0.325 e. The number of hydrogen-bond acceptors (Lipinski definition) is 3. The maximum absolute atomic E-state index is 13.3. The van der Waals surface area contributed by atoms with Crippen molar-refractivity contribution in [2.75, 3.05) is 11.9 Å². The van der Waals surface area contributed by atoms with Gasteiger partial charge in [-0.1, -0.05) is 51.1 Å². The summed E-state index contributed by atoms with van der Waals surface area (Å²) in [6.45, 7) is 5.49. The van der Waals surface area contributed by atoms with Crippen LogP contribution in [0.15, 0.2) is 48.5 Å². The quantitative estimate of drug-likeness (QED) is 0.673. The molecule has 2 atom stereocenters. The van der Waals surface area contributed by atoms with Crippen LogP contribution < -0.4 is 10.6 Å². The molecule has 1 heterocycles. The Morgan fingerprint density at radius 1 is 1.13 bits per heavy atom. The lowest BCUT2D eigenvalue weighted by Gasteiger charge is -2.25. The van der Waals surface area contributed by atoms with Gasteiger partial charge in [0.15, 0.2) is 0 Å². The van der Waals surface area contributed by atoms with Crippen molar-refractivity contribution in [3.8, 4) is 0 Å². The van der Waals surface area contributed by atoms with Crippen molar-refractivity contribution in [3.05, 3.63) is 65.5 Å². The van der Waals surface area contributed by atoms with E-state index in [1.165, 1.54) is 24.3 Å². The fourth-order valence-electron chi connectivity index (χ4n) is 3.74. The molecule has 0 bridgehead atoms. The normalized spacial score (nSPS) is 19.5. The summed E-state index contributed by atoms with van der Waals surface area (Å²) in [6.07, 6.45) is 1.19. The Balaban J connectivity index is 1.79. The van der Waals surface area contributed by atoms with Crippen molar-refractivity contribution in [1.29, 1.82) is 0 Å². The molecule has 2 aromatic rings. The Hall–Kier alpha value is -3.22. The average molecular weight is 411 g/mol. The number of nitrogens with zero attached hydrogens (tertiary/aromatic N) is 1. The molecule has 1 aliphatic heterocycles. The molecule has 7 heteroatoms. The van der Waals surface area contributed by atoms with Gasteiger partial charge in [-0.15, -0.1) is 0 Å². The van der Waals surface area contributed by atoms with Gasteiger partial charge in [0.25, 0.3) is 5.91 Å².